The van der Waals surface area contributed by atoms with Crippen molar-refractivity contribution in [1.82, 2.24) is 5.32 Å². The van der Waals surface area contributed by atoms with Crippen LogP contribution in [0.25, 0.3) is 0 Å². The molecule has 1 aromatic rings. The summed E-state index contributed by atoms with van der Waals surface area (Å²) < 4.78 is 5.64. The van der Waals surface area contributed by atoms with E-state index in [-0.39, 0.29) is 5.60 Å². The topological polar surface area (TPSA) is 21.3 Å². The van der Waals surface area contributed by atoms with Crippen LogP contribution in [-0.2, 0) is 4.74 Å². The van der Waals surface area contributed by atoms with Gasteiger partial charge in [0, 0.05) is 24.7 Å². The van der Waals surface area contributed by atoms with Gasteiger partial charge in [0.2, 0.25) is 0 Å². The first-order chi connectivity index (χ1) is 9.21. The van der Waals surface area contributed by atoms with Crippen molar-refractivity contribution in [2.45, 2.75) is 49.7 Å². The number of hydrogen-bond acceptors (Lipinski definition) is 2. The van der Waals surface area contributed by atoms with Crippen LogP contribution in [0.3, 0.4) is 0 Å². The molecule has 0 amide bonds. The van der Waals surface area contributed by atoms with Gasteiger partial charge in [0.05, 0.1) is 5.60 Å². The van der Waals surface area contributed by atoms with Crippen molar-refractivity contribution in [2.24, 2.45) is 0 Å². The normalized spacial score (nSPS) is 28.5. The van der Waals surface area contributed by atoms with E-state index in [0.717, 1.165) is 11.6 Å². The Labute approximate surface area is 120 Å². The van der Waals surface area contributed by atoms with Gasteiger partial charge in [-0.15, -0.1) is 0 Å². The fraction of sp³-hybridized carbons (Fsp3) is 0.625. The van der Waals surface area contributed by atoms with E-state index >= 15 is 0 Å². The molecule has 2 fully saturated rings. The van der Waals surface area contributed by atoms with Crippen LogP contribution >= 0.6 is 11.6 Å². The monoisotopic (exact) mass is 279 g/mol. The number of rotatable bonds is 5. The highest BCUT2D eigenvalue weighted by Crippen LogP contribution is 2.39. The third-order valence-electron chi connectivity index (χ3n) is 4.87. The Kier molecular flexibility index (Phi) is 3.84. The lowest BCUT2D eigenvalue weighted by Gasteiger charge is -2.44. The molecule has 104 valence electrons. The summed E-state index contributed by atoms with van der Waals surface area (Å²) in [5.41, 5.74) is 1.52. The van der Waals surface area contributed by atoms with Gasteiger partial charge in [-0.3, -0.25) is 0 Å². The van der Waals surface area contributed by atoms with E-state index < -0.39 is 0 Å². The number of benzene rings is 1. The van der Waals surface area contributed by atoms with E-state index in [4.69, 9.17) is 16.3 Å². The van der Waals surface area contributed by atoms with Crippen molar-refractivity contribution >= 4 is 11.6 Å². The molecule has 2 aliphatic carbocycles. The van der Waals surface area contributed by atoms with Crippen LogP contribution in [0.15, 0.2) is 24.3 Å². The molecular weight excluding hydrogens is 258 g/mol. The van der Waals surface area contributed by atoms with Crippen LogP contribution < -0.4 is 5.32 Å². The highest BCUT2D eigenvalue weighted by Gasteiger charge is 2.38. The van der Waals surface area contributed by atoms with E-state index in [1.54, 1.807) is 0 Å². The number of halogens is 1. The second-order valence-electron chi connectivity index (χ2n) is 6.04. The molecule has 0 saturated heterocycles. The Hall–Kier alpha value is -0.570. The zero-order chi connectivity index (χ0) is 13.3. The summed E-state index contributed by atoms with van der Waals surface area (Å²) >= 11 is 6.04. The lowest BCUT2D eigenvalue weighted by molar-refractivity contribution is -0.0724. The van der Waals surface area contributed by atoms with Crippen LogP contribution in [0.1, 0.15) is 43.6 Å². The molecule has 3 rings (SSSR count). The molecule has 3 heteroatoms. The van der Waals surface area contributed by atoms with Crippen molar-refractivity contribution in [2.75, 3.05) is 13.7 Å². The van der Waals surface area contributed by atoms with E-state index in [2.05, 4.69) is 17.4 Å². The van der Waals surface area contributed by atoms with Crippen molar-refractivity contribution in [3.63, 3.8) is 0 Å². The minimum atomic E-state index is 0.140. The fourth-order valence-corrected chi connectivity index (χ4v) is 3.37. The quantitative estimate of drug-likeness (QED) is 0.886. The zero-order valence-corrected chi connectivity index (χ0v) is 12.2. The van der Waals surface area contributed by atoms with Gasteiger partial charge in [0.15, 0.2) is 0 Å². The van der Waals surface area contributed by atoms with Crippen LogP contribution in [0.2, 0.25) is 5.02 Å². The Morgan fingerprint density at radius 2 is 2.16 bits per heavy atom. The first kappa shape index (κ1) is 13.4. The smallest absolute Gasteiger partial charge is 0.0802 e. The molecule has 0 spiro atoms. The third-order valence-corrected chi connectivity index (χ3v) is 5.10. The summed E-state index contributed by atoms with van der Waals surface area (Å²) in [6, 6.07) is 8.93. The third kappa shape index (κ3) is 2.81. The Bertz CT molecular complexity index is 433. The molecule has 0 radical (unpaired) electrons. The van der Waals surface area contributed by atoms with Gasteiger partial charge in [-0.1, -0.05) is 23.7 Å². The zero-order valence-electron chi connectivity index (χ0n) is 11.5. The van der Waals surface area contributed by atoms with Crippen molar-refractivity contribution in [1.29, 1.82) is 0 Å². The second-order valence-corrected chi connectivity index (χ2v) is 6.48. The van der Waals surface area contributed by atoms with E-state index in [0.29, 0.717) is 12.0 Å². The minimum absolute atomic E-state index is 0.140. The maximum absolute atomic E-state index is 6.04. The molecule has 1 N–H and O–H groups in total. The number of hydrogen-bond donors (Lipinski definition) is 1. The largest absolute Gasteiger partial charge is 0.377 e. The maximum atomic E-state index is 6.04. The van der Waals surface area contributed by atoms with E-state index in [9.17, 15) is 0 Å². The van der Waals surface area contributed by atoms with Crippen LogP contribution in [0.5, 0.6) is 0 Å². The van der Waals surface area contributed by atoms with Gasteiger partial charge in [-0.2, -0.15) is 0 Å². The molecule has 2 aliphatic rings. The van der Waals surface area contributed by atoms with Gasteiger partial charge in [0.1, 0.15) is 0 Å². The van der Waals surface area contributed by atoms with Gasteiger partial charge in [-0.05, 0) is 55.7 Å². The average Bonchev–Trinajstić information content (AvgIpc) is 2.30. The average molecular weight is 280 g/mol. The molecule has 2 nitrogen and oxygen atoms in total. The minimum Gasteiger partial charge on any atom is -0.377 e. The molecule has 19 heavy (non-hydrogen) atoms. The van der Waals surface area contributed by atoms with Gasteiger partial charge in [0.25, 0.3) is 0 Å². The van der Waals surface area contributed by atoms with Crippen molar-refractivity contribution in [3.05, 3.63) is 34.9 Å². The van der Waals surface area contributed by atoms with Crippen LogP contribution in [0.4, 0.5) is 0 Å². The predicted molar refractivity (Wildman–Crippen MR) is 78.8 cm³/mol. The summed E-state index contributed by atoms with van der Waals surface area (Å²) in [4.78, 5) is 0. The highest BCUT2D eigenvalue weighted by atomic mass is 35.5. The number of nitrogens with one attached hydrogen (secondary N) is 1. The predicted octanol–water partition coefficient (Wildman–Crippen LogP) is 3.74. The maximum Gasteiger partial charge on any atom is 0.0802 e. The molecule has 0 atom stereocenters. The van der Waals surface area contributed by atoms with Gasteiger partial charge in [-0.25, -0.2) is 0 Å². The molecule has 2 saturated carbocycles. The summed E-state index contributed by atoms with van der Waals surface area (Å²) in [6.07, 6.45) is 6.17. The fourth-order valence-electron chi connectivity index (χ4n) is 3.17. The standard InChI is InChI=1S/C16H22ClNO/c1-19-16(6-3-7-16)11-18-15-9-13(10-15)12-4-2-5-14(17)8-12/h2,4-5,8,13,15,18H,3,6-7,9-11H2,1H3. The Morgan fingerprint density at radius 3 is 2.74 bits per heavy atom. The lowest BCUT2D eigenvalue weighted by atomic mass is 9.74. The molecular formula is C16H22ClNO. The Morgan fingerprint density at radius 1 is 1.37 bits per heavy atom. The van der Waals surface area contributed by atoms with Gasteiger partial charge >= 0.3 is 0 Å². The summed E-state index contributed by atoms with van der Waals surface area (Å²) in [5.74, 6) is 0.677. The first-order valence-corrected chi connectivity index (χ1v) is 7.63. The highest BCUT2D eigenvalue weighted by molar-refractivity contribution is 6.30. The molecule has 1 aromatic carbocycles. The number of methoxy groups -OCH3 is 1. The SMILES string of the molecule is COC1(CNC2CC(c3cccc(Cl)c3)C2)CCC1. The van der Waals surface area contributed by atoms with Crippen molar-refractivity contribution < 1.29 is 4.74 Å². The molecule has 0 bridgehead atoms. The van der Waals surface area contributed by atoms with Gasteiger partial charge < -0.3 is 10.1 Å². The molecule has 0 unspecified atom stereocenters. The molecule has 0 aliphatic heterocycles. The summed E-state index contributed by atoms with van der Waals surface area (Å²) in [7, 11) is 1.84. The lowest BCUT2D eigenvalue weighted by Crippen LogP contribution is -2.52. The van der Waals surface area contributed by atoms with Crippen LogP contribution in [-0.4, -0.2) is 25.3 Å². The first-order valence-electron chi connectivity index (χ1n) is 7.25. The molecule has 0 heterocycles. The second kappa shape index (κ2) is 5.43. The van der Waals surface area contributed by atoms with E-state index in [1.807, 2.05) is 19.2 Å². The molecule has 0 aromatic heterocycles. The van der Waals surface area contributed by atoms with Crippen molar-refractivity contribution in [3.8, 4) is 0 Å². The summed E-state index contributed by atoms with van der Waals surface area (Å²) in [5, 5.41) is 4.52. The van der Waals surface area contributed by atoms with E-state index in [1.165, 1.54) is 37.7 Å². The van der Waals surface area contributed by atoms with Crippen LogP contribution in [0, 0.1) is 0 Å². The number of ether oxygens (including phenoxy) is 1. The Balaban J connectivity index is 1.45. The summed E-state index contributed by atoms with van der Waals surface area (Å²) in [6.45, 7) is 1.01.